The Bertz CT molecular complexity index is 724. The first kappa shape index (κ1) is 15.8. The topological polar surface area (TPSA) is 55.0 Å². The standard InChI is InChI=1S/C18H20N2O2/c1-3-4-5-12-20-17(11-8-15(13-19)18(20)21)14-6-9-16(22-2)10-7-14/h6-11H,3-5,12H2,1-2H3. The number of nitrogens with zero attached hydrogens (tertiary/aromatic N) is 2. The van der Waals surface area contributed by atoms with Gasteiger partial charge in [0.05, 0.1) is 12.8 Å². The zero-order chi connectivity index (χ0) is 15.9. The molecule has 22 heavy (non-hydrogen) atoms. The van der Waals surface area contributed by atoms with Crippen LogP contribution >= 0.6 is 0 Å². The van der Waals surface area contributed by atoms with Gasteiger partial charge in [-0.15, -0.1) is 0 Å². The number of pyridine rings is 1. The van der Waals surface area contributed by atoms with Crippen molar-refractivity contribution in [1.29, 1.82) is 5.26 Å². The second-order valence-electron chi connectivity index (χ2n) is 5.14. The molecular weight excluding hydrogens is 276 g/mol. The summed E-state index contributed by atoms with van der Waals surface area (Å²) in [7, 11) is 1.62. The van der Waals surface area contributed by atoms with E-state index in [0.29, 0.717) is 6.54 Å². The molecule has 0 fully saturated rings. The summed E-state index contributed by atoms with van der Waals surface area (Å²) in [6, 6.07) is 13.0. The molecule has 0 aliphatic heterocycles. The van der Waals surface area contributed by atoms with Crippen LogP contribution in [0.5, 0.6) is 5.75 Å². The van der Waals surface area contributed by atoms with Gasteiger partial charge in [-0.1, -0.05) is 19.8 Å². The lowest BCUT2D eigenvalue weighted by Gasteiger charge is -2.13. The fraction of sp³-hybridized carbons (Fsp3) is 0.333. The third-order valence-corrected chi connectivity index (χ3v) is 3.67. The van der Waals surface area contributed by atoms with E-state index in [1.165, 1.54) is 0 Å². The summed E-state index contributed by atoms with van der Waals surface area (Å²) in [5.41, 5.74) is 1.75. The van der Waals surface area contributed by atoms with Crippen LogP contribution in [-0.4, -0.2) is 11.7 Å². The zero-order valence-corrected chi connectivity index (χ0v) is 13.0. The maximum Gasteiger partial charge on any atom is 0.268 e. The van der Waals surface area contributed by atoms with Crippen molar-refractivity contribution in [1.82, 2.24) is 4.57 Å². The number of hydrogen-bond donors (Lipinski definition) is 0. The minimum atomic E-state index is -0.216. The average Bonchev–Trinajstić information content (AvgIpc) is 2.56. The predicted molar refractivity (Wildman–Crippen MR) is 86.9 cm³/mol. The second kappa shape index (κ2) is 7.46. The molecule has 0 amide bonds. The molecule has 0 radical (unpaired) electrons. The van der Waals surface area contributed by atoms with Crippen LogP contribution in [0.4, 0.5) is 0 Å². The summed E-state index contributed by atoms with van der Waals surface area (Å²) in [5.74, 6) is 0.775. The number of unbranched alkanes of at least 4 members (excludes halogenated alkanes) is 2. The maximum absolute atomic E-state index is 12.4. The van der Waals surface area contributed by atoms with Crippen molar-refractivity contribution in [3.05, 3.63) is 52.3 Å². The molecular formula is C18H20N2O2. The first-order valence-electron chi connectivity index (χ1n) is 7.49. The number of benzene rings is 1. The highest BCUT2D eigenvalue weighted by molar-refractivity contribution is 5.61. The number of nitriles is 1. The van der Waals surface area contributed by atoms with Gasteiger partial charge in [-0.2, -0.15) is 5.26 Å². The minimum absolute atomic E-state index is 0.189. The quantitative estimate of drug-likeness (QED) is 0.765. The Morgan fingerprint density at radius 1 is 1.14 bits per heavy atom. The Hall–Kier alpha value is -2.54. The highest BCUT2D eigenvalue weighted by atomic mass is 16.5. The van der Waals surface area contributed by atoms with Crippen LogP contribution in [-0.2, 0) is 6.54 Å². The molecule has 2 rings (SSSR count). The van der Waals surface area contributed by atoms with Crippen molar-refractivity contribution in [2.24, 2.45) is 0 Å². The first-order chi connectivity index (χ1) is 10.7. The van der Waals surface area contributed by atoms with Gasteiger partial charge in [-0.25, -0.2) is 0 Å². The Labute approximate surface area is 130 Å². The van der Waals surface area contributed by atoms with Gasteiger partial charge in [0.25, 0.3) is 5.56 Å². The zero-order valence-electron chi connectivity index (χ0n) is 13.0. The van der Waals surface area contributed by atoms with E-state index in [1.807, 2.05) is 36.4 Å². The molecule has 0 saturated carbocycles. The van der Waals surface area contributed by atoms with Crippen molar-refractivity contribution in [2.45, 2.75) is 32.7 Å². The molecule has 114 valence electrons. The predicted octanol–water partition coefficient (Wildman–Crippen LogP) is 3.59. The number of ether oxygens (including phenoxy) is 1. The van der Waals surface area contributed by atoms with Crippen molar-refractivity contribution in [3.8, 4) is 23.1 Å². The third kappa shape index (κ3) is 3.37. The molecule has 4 nitrogen and oxygen atoms in total. The van der Waals surface area contributed by atoms with E-state index in [-0.39, 0.29) is 11.1 Å². The smallest absolute Gasteiger partial charge is 0.268 e. The monoisotopic (exact) mass is 296 g/mol. The van der Waals surface area contributed by atoms with Gasteiger partial charge in [-0.3, -0.25) is 4.79 Å². The highest BCUT2D eigenvalue weighted by Crippen LogP contribution is 2.22. The van der Waals surface area contributed by atoms with Crippen molar-refractivity contribution < 1.29 is 4.74 Å². The fourth-order valence-corrected chi connectivity index (χ4v) is 2.42. The van der Waals surface area contributed by atoms with Gasteiger partial charge >= 0.3 is 0 Å². The number of rotatable bonds is 6. The number of methoxy groups -OCH3 is 1. The summed E-state index contributed by atoms with van der Waals surface area (Å²) in [4.78, 5) is 12.4. The molecule has 4 heteroatoms. The first-order valence-corrected chi connectivity index (χ1v) is 7.49. The normalized spacial score (nSPS) is 10.2. The second-order valence-corrected chi connectivity index (χ2v) is 5.14. The minimum Gasteiger partial charge on any atom is -0.497 e. The van der Waals surface area contributed by atoms with Gasteiger partial charge in [0.1, 0.15) is 17.4 Å². The molecule has 0 N–H and O–H groups in total. The summed E-state index contributed by atoms with van der Waals surface area (Å²) in [6.45, 7) is 2.75. The molecule has 1 aromatic carbocycles. The summed E-state index contributed by atoms with van der Waals surface area (Å²) in [5, 5.41) is 9.06. The maximum atomic E-state index is 12.4. The summed E-state index contributed by atoms with van der Waals surface area (Å²) in [6.07, 6.45) is 3.07. The van der Waals surface area contributed by atoms with E-state index in [1.54, 1.807) is 17.7 Å². The third-order valence-electron chi connectivity index (χ3n) is 3.67. The van der Waals surface area contributed by atoms with Crippen LogP contribution in [0.1, 0.15) is 31.7 Å². The molecule has 0 atom stereocenters. The van der Waals surface area contributed by atoms with Crippen molar-refractivity contribution in [3.63, 3.8) is 0 Å². The van der Waals surface area contributed by atoms with E-state index in [2.05, 4.69) is 6.92 Å². The molecule has 1 heterocycles. The lowest BCUT2D eigenvalue weighted by atomic mass is 10.1. The molecule has 2 aromatic rings. The van der Waals surface area contributed by atoms with Crippen LogP contribution in [0.3, 0.4) is 0 Å². The van der Waals surface area contributed by atoms with E-state index < -0.39 is 0 Å². The Morgan fingerprint density at radius 2 is 1.86 bits per heavy atom. The molecule has 0 spiro atoms. The lowest BCUT2D eigenvalue weighted by Crippen LogP contribution is -2.24. The SMILES string of the molecule is CCCCCn1c(-c2ccc(OC)cc2)ccc(C#N)c1=O. The highest BCUT2D eigenvalue weighted by Gasteiger charge is 2.10. The summed E-state index contributed by atoms with van der Waals surface area (Å²) < 4.78 is 6.87. The number of hydrogen-bond acceptors (Lipinski definition) is 3. The lowest BCUT2D eigenvalue weighted by molar-refractivity contribution is 0.415. The van der Waals surface area contributed by atoms with Gasteiger partial charge in [0.15, 0.2) is 0 Å². The van der Waals surface area contributed by atoms with Crippen LogP contribution < -0.4 is 10.3 Å². The Balaban J connectivity index is 2.46. The molecule has 0 bridgehead atoms. The fourth-order valence-electron chi connectivity index (χ4n) is 2.42. The molecule has 0 saturated heterocycles. The van der Waals surface area contributed by atoms with E-state index in [9.17, 15) is 4.79 Å². The molecule has 0 unspecified atom stereocenters. The Kier molecular flexibility index (Phi) is 5.37. The number of aromatic nitrogens is 1. The summed E-state index contributed by atoms with van der Waals surface area (Å²) >= 11 is 0. The van der Waals surface area contributed by atoms with Crippen LogP contribution in [0.15, 0.2) is 41.2 Å². The molecule has 0 aliphatic rings. The average molecular weight is 296 g/mol. The van der Waals surface area contributed by atoms with Crippen molar-refractivity contribution in [2.75, 3.05) is 7.11 Å². The van der Waals surface area contributed by atoms with Crippen molar-refractivity contribution >= 4 is 0 Å². The van der Waals surface area contributed by atoms with E-state index >= 15 is 0 Å². The largest absolute Gasteiger partial charge is 0.497 e. The molecule has 0 aliphatic carbocycles. The molecule has 1 aromatic heterocycles. The van der Waals surface area contributed by atoms with Gasteiger partial charge in [0.2, 0.25) is 0 Å². The van der Waals surface area contributed by atoms with Crippen LogP contribution in [0.2, 0.25) is 0 Å². The van der Waals surface area contributed by atoms with E-state index in [4.69, 9.17) is 10.00 Å². The van der Waals surface area contributed by atoms with Gasteiger partial charge in [-0.05, 0) is 48.4 Å². The van der Waals surface area contributed by atoms with Crippen LogP contribution in [0, 0.1) is 11.3 Å². The van der Waals surface area contributed by atoms with Crippen LogP contribution in [0.25, 0.3) is 11.3 Å². The van der Waals surface area contributed by atoms with E-state index in [0.717, 1.165) is 36.3 Å². The van der Waals surface area contributed by atoms with Gasteiger partial charge in [0, 0.05) is 6.54 Å². The Morgan fingerprint density at radius 3 is 2.45 bits per heavy atom. The van der Waals surface area contributed by atoms with Gasteiger partial charge < -0.3 is 9.30 Å².